The molecule has 6 heteroatoms. The quantitative estimate of drug-likeness (QED) is 0.842. The molecule has 2 aromatic rings. The molecule has 132 valence electrons. The summed E-state index contributed by atoms with van der Waals surface area (Å²) in [6.07, 6.45) is 2.59. The Morgan fingerprint density at radius 3 is 2.72 bits per heavy atom. The van der Waals surface area contributed by atoms with Gasteiger partial charge in [-0.15, -0.1) is 0 Å². The summed E-state index contributed by atoms with van der Waals surface area (Å²) >= 11 is 0. The van der Waals surface area contributed by atoms with Crippen LogP contribution in [0.4, 0.5) is 5.69 Å². The van der Waals surface area contributed by atoms with E-state index >= 15 is 0 Å². The molecule has 0 saturated carbocycles. The van der Waals surface area contributed by atoms with Gasteiger partial charge in [0, 0.05) is 18.7 Å². The first-order valence-electron chi connectivity index (χ1n) is 8.46. The highest BCUT2D eigenvalue weighted by atomic mass is 16.3. The fourth-order valence-electron chi connectivity index (χ4n) is 3.03. The van der Waals surface area contributed by atoms with Gasteiger partial charge in [0.2, 0.25) is 11.8 Å². The van der Waals surface area contributed by atoms with Gasteiger partial charge in [-0.25, -0.2) is 0 Å². The summed E-state index contributed by atoms with van der Waals surface area (Å²) in [6, 6.07) is 10.6. The van der Waals surface area contributed by atoms with Crippen molar-refractivity contribution in [1.29, 1.82) is 0 Å². The molecular weight excluding hydrogens is 320 g/mol. The van der Waals surface area contributed by atoms with Crippen LogP contribution in [0.3, 0.4) is 0 Å². The predicted octanol–water partition coefficient (Wildman–Crippen LogP) is 2.04. The average molecular weight is 342 g/mol. The van der Waals surface area contributed by atoms with E-state index in [0.717, 1.165) is 12.1 Å². The van der Waals surface area contributed by atoms with Gasteiger partial charge < -0.3 is 19.7 Å². The Kier molecular flexibility index (Phi) is 5.19. The molecule has 1 aliphatic rings. The fraction of sp³-hybridized carbons (Fsp3) is 0.368. The third-order valence-electron chi connectivity index (χ3n) is 4.54. The molecule has 0 radical (unpaired) electrons. The number of furan rings is 1. The number of hydrogen-bond donors (Lipinski definition) is 2. The third kappa shape index (κ3) is 3.74. The fourth-order valence-corrected chi connectivity index (χ4v) is 3.03. The first kappa shape index (κ1) is 17.2. The molecule has 0 spiro atoms. The summed E-state index contributed by atoms with van der Waals surface area (Å²) in [5, 5.41) is 12.2. The maximum Gasteiger partial charge on any atom is 0.227 e. The average Bonchev–Trinajstić information content (AvgIpc) is 3.29. The lowest BCUT2D eigenvalue weighted by molar-refractivity contribution is -0.127. The molecule has 1 saturated heterocycles. The smallest absolute Gasteiger partial charge is 0.227 e. The van der Waals surface area contributed by atoms with Crippen molar-refractivity contribution in [2.45, 2.75) is 25.8 Å². The summed E-state index contributed by atoms with van der Waals surface area (Å²) in [4.78, 5) is 26.4. The molecule has 2 amide bonds. The molecular formula is C19H22N2O4. The highest BCUT2D eigenvalue weighted by molar-refractivity contribution is 6.00. The first-order valence-corrected chi connectivity index (χ1v) is 8.46. The lowest BCUT2D eigenvalue weighted by atomic mass is 10.1. The van der Waals surface area contributed by atoms with Gasteiger partial charge in [0.15, 0.2) is 0 Å². The van der Waals surface area contributed by atoms with E-state index in [9.17, 15) is 14.7 Å². The van der Waals surface area contributed by atoms with Gasteiger partial charge in [0.1, 0.15) is 11.8 Å². The standard InChI is InChI=1S/C19H22N2O4/c1-2-13-5-7-15(8-6-13)21-11-14(10-18(21)23)19(24)20-16(12-22)17-4-3-9-25-17/h3-9,14,16,22H,2,10-12H2,1H3,(H,20,24). The van der Waals surface area contributed by atoms with Gasteiger partial charge in [-0.1, -0.05) is 19.1 Å². The minimum Gasteiger partial charge on any atom is -0.467 e. The van der Waals surface area contributed by atoms with Crippen LogP contribution in [0.2, 0.25) is 0 Å². The Bertz CT molecular complexity index is 724. The molecule has 2 N–H and O–H groups in total. The van der Waals surface area contributed by atoms with Crippen LogP contribution in [0.25, 0.3) is 0 Å². The summed E-state index contributed by atoms with van der Waals surface area (Å²) in [6.45, 7) is 2.15. The summed E-state index contributed by atoms with van der Waals surface area (Å²) in [5.41, 5.74) is 2.01. The Hall–Kier alpha value is -2.60. The summed E-state index contributed by atoms with van der Waals surface area (Å²) in [7, 11) is 0. The molecule has 6 nitrogen and oxygen atoms in total. The molecule has 3 rings (SSSR count). The molecule has 1 fully saturated rings. The highest BCUT2D eigenvalue weighted by Crippen LogP contribution is 2.26. The van der Waals surface area contributed by atoms with E-state index in [1.165, 1.54) is 11.8 Å². The van der Waals surface area contributed by atoms with Crippen molar-refractivity contribution in [3.63, 3.8) is 0 Å². The van der Waals surface area contributed by atoms with Crippen molar-refractivity contribution >= 4 is 17.5 Å². The van der Waals surface area contributed by atoms with Gasteiger partial charge in [-0.3, -0.25) is 9.59 Å². The van der Waals surface area contributed by atoms with E-state index in [2.05, 4.69) is 12.2 Å². The van der Waals surface area contributed by atoms with Crippen LogP contribution in [0.1, 0.15) is 30.7 Å². The van der Waals surface area contributed by atoms with E-state index in [1.54, 1.807) is 17.0 Å². The number of aliphatic hydroxyl groups is 1. The Labute approximate surface area is 146 Å². The third-order valence-corrected chi connectivity index (χ3v) is 4.54. The summed E-state index contributed by atoms with van der Waals surface area (Å²) < 4.78 is 5.23. The van der Waals surface area contributed by atoms with Crippen molar-refractivity contribution in [2.24, 2.45) is 5.92 Å². The van der Waals surface area contributed by atoms with Crippen molar-refractivity contribution in [1.82, 2.24) is 5.32 Å². The highest BCUT2D eigenvalue weighted by Gasteiger charge is 2.36. The SMILES string of the molecule is CCc1ccc(N2CC(C(=O)NC(CO)c3ccco3)CC2=O)cc1. The maximum absolute atomic E-state index is 12.5. The van der Waals surface area contributed by atoms with Gasteiger partial charge in [0.05, 0.1) is 18.8 Å². The van der Waals surface area contributed by atoms with Crippen LogP contribution in [-0.2, 0) is 16.0 Å². The molecule has 25 heavy (non-hydrogen) atoms. The van der Waals surface area contributed by atoms with Crippen molar-refractivity contribution < 1.29 is 19.1 Å². The molecule has 1 aromatic heterocycles. The van der Waals surface area contributed by atoms with Gasteiger partial charge in [-0.05, 0) is 36.2 Å². The normalized spacial score (nSPS) is 18.4. The topological polar surface area (TPSA) is 82.8 Å². The van der Waals surface area contributed by atoms with E-state index in [0.29, 0.717) is 12.3 Å². The van der Waals surface area contributed by atoms with Crippen molar-refractivity contribution in [3.8, 4) is 0 Å². The number of benzene rings is 1. The number of aryl methyl sites for hydroxylation is 1. The van der Waals surface area contributed by atoms with E-state index in [1.807, 2.05) is 24.3 Å². The van der Waals surface area contributed by atoms with Crippen LogP contribution in [-0.4, -0.2) is 30.1 Å². The minimum absolute atomic E-state index is 0.0667. The van der Waals surface area contributed by atoms with Gasteiger partial charge in [-0.2, -0.15) is 0 Å². The van der Waals surface area contributed by atoms with Crippen LogP contribution in [0, 0.1) is 5.92 Å². The van der Waals surface area contributed by atoms with Crippen LogP contribution in [0.5, 0.6) is 0 Å². The molecule has 0 aliphatic carbocycles. The second-order valence-electron chi connectivity index (χ2n) is 6.18. The van der Waals surface area contributed by atoms with Crippen LogP contribution in [0.15, 0.2) is 47.1 Å². The Morgan fingerprint density at radius 2 is 2.12 bits per heavy atom. The number of hydrogen-bond acceptors (Lipinski definition) is 4. The molecule has 0 bridgehead atoms. The van der Waals surface area contributed by atoms with Crippen LogP contribution < -0.4 is 10.2 Å². The molecule has 1 aliphatic heterocycles. The number of aliphatic hydroxyl groups excluding tert-OH is 1. The minimum atomic E-state index is -0.601. The molecule has 2 heterocycles. The number of rotatable bonds is 6. The maximum atomic E-state index is 12.5. The van der Waals surface area contributed by atoms with Gasteiger partial charge in [0.25, 0.3) is 0 Å². The molecule has 2 unspecified atom stereocenters. The van der Waals surface area contributed by atoms with E-state index in [-0.39, 0.29) is 24.8 Å². The number of carbonyl (C=O) groups is 2. The van der Waals surface area contributed by atoms with Gasteiger partial charge >= 0.3 is 0 Å². The van der Waals surface area contributed by atoms with E-state index in [4.69, 9.17) is 4.42 Å². The number of carbonyl (C=O) groups excluding carboxylic acids is 2. The van der Waals surface area contributed by atoms with Crippen molar-refractivity contribution in [3.05, 3.63) is 54.0 Å². The Morgan fingerprint density at radius 1 is 1.36 bits per heavy atom. The number of anilines is 1. The van der Waals surface area contributed by atoms with E-state index < -0.39 is 12.0 Å². The molecule has 2 atom stereocenters. The largest absolute Gasteiger partial charge is 0.467 e. The Balaban J connectivity index is 1.65. The number of nitrogens with zero attached hydrogens (tertiary/aromatic N) is 1. The monoisotopic (exact) mass is 342 g/mol. The number of amides is 2. The lowest BCUT2D eigenvalue weighted by Gasteiger charge is -2.19. The number of nitrogens with one attached hydrogen (secondary N) is 1. The summed E-state index contributed by atoms with van der Waals surface area (Å²) in [5.74, 6) is -0.269. The zero-order valence-electron chi connectivity index (χ0n) is 14.1. The zero-order valence-corrected chi connectivity index (χ0v) is 14.1. The zero-order chi connectivity index (χ0) is 17.8. The molecule has 1 aromatic carbocycles. The second-order valence-corrected chi connectivity index (χ2v) is 6.18. The predicted molar refractivity (Wildman–Crippen MR) is 93.0 cm³/mol. The second kappa shape index (κ2) is 7.53. The first-order chi connectivity index (χ1) is 12.1. The van der Waals surface area contributed by atoms with Crippen LogP contribution >= 0.6 is 0 Å². The van der Waals surface area contributed by atoms with Crippen molar-refractivity contribution in [2.75, 3.05) is 18.1 Å². The lowest BCUT2D eigenvalue weighted by Crippen LogP contribution is -2.36.